The highest BCUT2D eigenvalue weighted by Crippen LogP contribution is 2.25. The van der Waals surface area contributed by atoms with E-state index >= 15 is 0 Å². The van der Waals surface area contributed by atoms with Gasteiger partial charge in [-0.05, 0) is 31.5 Å². The van der Waals surface area contributed by atoms with Gasteiger partial charge in [0, 0.05) is 31.8 Å². The Morgan fingerprint density at radius 1 is 1.20 bits per heavy atom. The van der Waals surface area contributed by atoms with E-state index in [9.17, 15) is 4.79 Å². The largest absolute Gasteiger partial charge is 0.497 e. The van der Waals surface area contributed by atoms with Crippen molar-refractivity contribution in [3.05, 3.63) is 53.1 Å². The number of nitrogens with zero attached hydrogens (tertiary/aromatic N) is 3. The van der Waals surface area contributed by atoms with Gasteiger partial charge in [0.1, 0.15) is 17.2 Å². The van der Waals surface area contributed by atoms with Crippen LogP contribution < -0.4 is 4.74 Å². The molecule has 2 aromatic rings. The predicted octanol–water partition coefficient (Wildman–Crippen LogP) is 2.34. The van der Waals surface area contributed by atoms with Crippen LogP contribution in [0.15, 0.2) is 30.5 Å². The van der Waals surface area contributed by atoms with Crippen LogP contribution in [-0.2, 0) is 29.0 Å². The third-order valence-corrected chi connectivity index (χ3v) is 4.54. The third-order valence-electron chi connectivity index (χ3n) is 4.54. The Morgan fingerprint density at radius 2 is 1.92 bits per heavy atom. The average molecular weight is 341 g/mol. The summed E-state index contributed by atoms with van der Waals surface area (Å²) in [5.74, 6) is 1.54. The van der Waals surface area contributed by atoms with Crippen LogP contribution in [0.4, 0.5) is 0 Å². The zero-order valence-electron chi connectivity index (χ0n) is 15.1. The number of amides is 1. The fourth-order valence-corrected chi connectivity index (χ4v) is 2.82. The van der Waals surface area contributed by atoms with E-state index in [0.29, 0.717) is 19.5 Å². The Hall–Kier alpha value is -2.47. The second-order valence-electron chi connectivity index (χ2n) is 6.66. The molecule has 2 heterocycles. The van der Waals surface area contributed by atoms with Crippen molar-refractivity contribution in [1.82, 2.24) is 14.9 Å². The van der Waals surface area contributed by atoms with Crippen molar-refractivity contribution in [3.8, 4) is 5.75 Å². The predicted molar refractivity (Wildman–Crippen MR) is 93.2 cm³/mol. The van der Waals surface area contributed by atoms with Gasteiger partial charge in [0.25, 0.3) is 5.91 Å². The highest BCUT2D eigenvalue weighted by atomic mass is 16.5. The van der Waals surface area contributed by atoms with E-state index < -0.39 is 5.60 Å². The molecule has 1 aliphatic rings. The zero-order valence-corrected chi connectivity index (χ0v) is 15.1. The van der Waals surface area contributed by atoms with E-state index in [1.807, 2.05) is 30.5 Å². The quantitative estimate of drug-likeness (QED) is 0.835. The Labute approximate surface area is 147 Å². The standard InChI is InChI=1S/C19H23N3O3/c1-19(2,25-4)18(23)22-11-14-10-20-17(21-16(14)12-22)9-13-5-7-15(24-3)8-6-13/h5-8,10H,9,11-12H2,1-4H3. The fourth-order valence-electron chi connectivity index (χ4n) is 2.82. The molecule has 0 aliphatic carbocycles. The molecule has 0 saturated heterocycles. The maximum atomic E-state index is 12.5. The van der Waals surface area contributed by atoms with E-state index in [1.165, 1.54) is 0 Å². The van der Waals surface area contributed by atoms with Gasteiger partial charge in [0.2, 0.25) is 0 Å². The number of methoxy groups -OCH3 is 2. The molecular weight excluding hydrogens is 318 g/mol. The Morgan fingerprint density at radius 3 is 2.56 bits per heavy atom. The van der Waals surface area contributed by atoms with Crippen LogP contribution in [-0.4, -0.2) is 40.6 Å². The molecule has 6 heteroatoms. The Balaban J connectivity index is 1.72. The molecule has 6 nitrogen and oxygen atoms in total. The van der Waals surface area contributed by atoms with Crippen LogP contribution >= 0.6 is 0 Å². The number of benzene rings is 1. The van der Waals surface area contributed by atoms with E-state index in [4.69, 9.17) is 9.47 Å². The maximum absolute atomic E-state index is 12.5. The van der Waals surface area contributed by atoms with Crippen molar-refractivity contribution < 1.29 is 14.3 Å². The smallest absolute Gasteiger partial charge is 0.254 e. The van der Waals surface area contributed by atoms with Crippen molar-refractivity contribution >= 4 is 5.91 Å². The lowest BCUT2D eigenvalue weighted by Gasteiger charge is -2.27. The van der Waals surface area contributed by atoms with Gasteiger partial charge >= 0.3 is 0 Å². The summed E-state index contributed by atoms with van der Waals surface area (Å²) in [6.45, 7) is 4.58. The number of ether oxygens (including phenoxy) is 2. The number of rotatable bonds is 5. The summed E-state index contributed by atoms with van der Waals surface area (Å²) in [6, 6.07) is 7.87. The SMILES string of the molecule is COc1ccc(Cc2ncc3c(n2)CN(C(=O)C(C)(C)OC)C3)cc1. The molecule has 0 unspecified atom stereocenters. The monoisotopic (exact) mass is 341 g/mol. The summed E-state index contributed by atoms with van der Waals surface area (Å²) in [5, 5.41) is 0. The number of hydrogen-bond donors (Lipinski definition) is 0. The summed E-state index contributed by atoms with van der Waals surface area (Å²) in [7, 11) is 3.20. The van der Waals surface area contributed by atoms with Gasteiger partial charge in [-0.15, -0.1) is 0 Å². The molecule has 0 saturated carbocycles. The first kappa shape index (κ1) is 17.4. The summed E-state index contributed by atoms with van der Waals surface area (Å²) < 4.78 is 10.5. The molecule has 25 heavy (non-hydrogen) atoms. The van der Waals surface area contributed by atoms with E-state index in [1.54, 1.807) is 33.0 Å². The molecule has 0 radical (unpaired) electrons. The summed E-state index contributed by atoms with van der Waals surface area (Å²) in [6.07, 6.45) is 2.48. The van der Waals surface area contributed by atoms with Crippen LogP contribution in [0, 0.1) is 0 Å². The zero-order chi connectivity index (χ0) is 18.0. The van der Waals surface area contributed by atoms with Gasteiger partial charge in [-0.2, -0.15) is 0 Å². The van der Waals surface area contributed by atoms with Crippen LogP contribution in [0.25, 0.3) is 0 Å². The minimum Gasteiger partial charge on any atom is -0.497 e. The summed E-state index contributed by atoms with van der Waals surface area (Å²) in [4.78, 5) is 23.4. The van der Waals surface area contributed by atoms with E-state index in [0.717, 1.165) is 28.4 Å². The Kier molecular flexibility index (Phi) is 4.72. The molecule has 1 aromatic heterocycles. The van der Waals surface area contributed by atoms with Gasteiger partial charge in [-0.3, -0.25) is 4.79 Å². The lowest BCUT2D eigenvalue weighted by Crippen LogP contribution is -2.44. The number of carbonyl (C=O) groups excluding carboxylic acids is 1. The third kappa shape index (κ3) is 3.64. The van der Waals surface area contributed by atoms with Gasteiger partial charge in [0.05, 0.1) is 19.3 Å². The molecule has 0 atom stereocenters. The molecule has 0 spiro atoms. The van der Waals surface area contributed by atoms with Gasteiger partial charge in [-0.1, -0.05) is 12.1 Å². The van der Waals surface area contributed by atoms with Gasteiger partial charge in [0.15, 0.2) is 0 Å². The van der Waals surface area contributed by atoms with Gasteiger partial charge in [-0.25, -0.2) is 9.97 Å². The lowest BCUT2D eigenvalue weighted by atomic mass is 10.1. The minimum atomic E-state index is -0.832. The molecule has 1 aromatic carbocycles. The first-order valence-electron chi connectivity index (χ1n) is 8.24. The van der Waals surface area contributed by atoms with Crippen molar-refractivity contribution in [2.24, 2.45) is 0 Å². The Bertz CT molecular complexity index is 772. The first-order chi connectivity index (χ1) is 11.9. The van der Waals surface area contributed by atoms with E-state index in [-0.39, 0.29) is 5.91 Å². The van der Waals surface area contributed by atoms with Crippen LogP contribution in [0.1, 0.15) is 36.5 Å². The molecule has 132 valence electrons. The molecule has 3 rings (SSSR count). The summed E-state index contributed by atoms with van der Waals surface area (Å²) >= 11 is 0. The fraction of sp³-hybridized carbons (Fsp3) is 0.421. The number of fused-ring (bicyclic) bond motifs is 1. The normalized spacial score (nSPS) is 13.7. The molecule has 0 bridgehead atoms. The van der Waals surface area contributed by atoms with Crippen LogP contribution in [0.2, 0.25) is 0 Å². The molecule has 0 N–H and O–H groups in total. The second kappa shape index (κ2) is 6.80. The molecule has 1 aliphatic heterocycles. The number of hydrogen-bond acceptors (Lipinski definition) is 5. The van der Waals surface area contributed by atoms with Crippen LogP contribution in [0.5, 0.6) is 5.75 Å². The van der Waals surface area contributed by atoms with E-state index in [2.05, 4.69) is 9.97 Å². The van der Waals surface area contributed by atoms with Crippen molar-refractivity contribution in [2.45, 2.75) is 39.0 Å². The highest BCUT2D eigenvalue weighted by molar-refractivity contribution is 5.84. The van der Waals surface area contributed by atoms with Crippen molar-refractivity contribution in [3.63, 3.8) is 0 Å². The van der Waals surface area contributed by atoms with Crippen LogP contribution in [0.3, 0.4) is 0 Å². The molecular formula is C19H23N3O3. The maximum Gasteiger partial charge on any atom is 0.254 e. The summed E-state index contributed by atoms with van der Waals surface area (Å²) in [5.41, 5.74) is 2.20. The topological polar surface area (TPSA) is 64.6 Å². The number of aromatic nitrogens is 2. The average Bonchev–Trinajstić information content (AvgIpc) is 3.04. The molecule has 0 fully saturated rings. The second-order valence-corrected chi connectivity index (χ2v) is 6.66. The van der Waals surface area contributed by atoms with Crippen molar-refractivity contribution in [2.75, 3.05) is 14.2 Å². The molecule has 1 amide bonds. The lowest BCUT2D eigenvalue weighted by molar-refractivity contribution is -0.151. The van der Waals surface area contributed by atoms with Gasteiger partial charge < -0.3 is 14.4 Å². The first-order valence-corrected chi connectivity index (χ1v) is 8.24. The highest BCUT2D eigenvalue weighted by Gasteiger charge is 2.35. The minimum absolute atomic E-state index is 0.0373. The van der Waals surface area contributed by atoms with Crippen molar-refractivity contribution in [1.29, 1.82) is 0 Å². The number of carbonyl (C=O) groups is 1.